The van der Waals surface area contributed by atoms with Gasteiger partial charge in [0, 0.05) is 6.33 Å². The summed E-state index contributed by atoms with van der Waals surface area (Å²) in [6.07, 6.45) is 4.13. The fraction of sp³-hybridized carbons (Fsp3) is 0.200. The second-order valence-corrected chi connectivity index (χ2v) is 1.30. The van der Waals surface area contributed by atoms with Crippen LogP contribution in [0.1, 0.15) is 5.69 Å². The van der Waals surface area contributed by atoms with E-state index in [1.165, 1.54) is 0 Å². The van der Waals surface area contributed by atoms with Crippen molar-refractivity contribution in [3.8, 4) is 0 Å². The van der Waals surface area contributed by atoms with Gasteiger partial charge in [-0.2, -0.15) is 0 Å². The molecule has 0 radical (unpaired) electrons. The first-order valence-electron chi connectivity index (χ1n) is 2.05. The van der Waals surface area contributed by atoms with Gasteiger partial charge < -0.3 is 9.97 Å². The molecule has 1 rings (SSSR count). The molecule has 0 unspecified atom stereocenters. The van der Waals surface area contributed by atoms with Gasteiger partial charge in [-0.25, -0.2) is 0 Å². The fourth-order valence-electron chi connectivity index (χ4n) is 0.323. The maximum Gasteiger partial charge on any atom is 3.00 e. The first-order valence-corrected chi connectivity index (χ1v) is 2.05. The summed E-state index contributed by atoms with van der Waals surface area (Å²) in [5, 5.41) is 0. The average Bonchev–Trinajstić information content (AvgIpc) is 1.69. The SMILES string of the molecule is Cc1ccn[c-]n1.[Y+3]. The van der Waals surface area contributed by atoms with Crippen molar-refractivity contribution in [2.75, 3.05) is 0 Å². The van der Waals surface area contributed by atoms with E-state index in [4.69, 9.17) is 0 Å². The van der Waals surface area contributed by atoms with Crippen LogP contribution in [-0.4, -0.2) is 9.97 Å². The van der Waals surface area contributed by atoms with Crippen molar-refractivity contribution in [2.24, 2.45) is 0 Å². The molecule has 0 aliphatic carbocycles. The first-order chi connectivity index (χ1) is 3.39. The van der Waals surface area contributed by atoms with Crippen LogP contribution in [0.3, 0.4) is 0 Å². The molecule has 0 amide bonds. The summed E-state index contributed by atoms with van der Waals surface area (Å²) in [5.41, 5.74) is 0.954. The topological polar surface area (TPSA) is 25.8 Å². The van der Waals surface area contributed by atoms with E-state index in [0.717, 1.165) is 5.69 Å². The molecule has 0 aromatic carbocycles. The average molecular weight is 182 g/mol. The van der Waals surface area contributed by atoms with Crippen LogP contribution >= 0.6 is 0 Å². The molecule has 0 aliphatic rings. The zero-order chi connectivity index (χ0) is 5.11. The fourth-order valence-corrected chi connectivity index (χ4v) is 0.323. The predicted molar refractivity (Wildman–Crippen MR) is 25.6 cm³/mol. The standard InChI is InChI=1S/C5H5N2.Y/c1-5-2-3-6-4-7-5;/h2-3H,1H3;/q-1;+3. The van der Waals surface area contributed by atoms with Gasteiger partial charge >= 0.3 is 32.7 Å². The molecule has 0 spiro atoms. The van der Waals surface area contributed by atoms with Crippen LogP contribution in [0.4, 0.5) is 0 Å². The van der Waals surface area contributed by atoms with Gasteiger partial charge in [0.2, 0.25) is 0 Å². The predicted octanol–water partition coefficient (Wildman–Crippen LogP) is 0.583. The van der Waals surface area contributed by atoms with Gasteiger partial charge in [-0.05, 0) is 0 Å². The Kier molecular flexibility index (Phi) is 4.20. The Morgan fingerprint density at radius 2 is 2.38 bits per heavy atom. The van der Waals surface area contributed by atoms with E-state index in [9.17, 15) is 0 Å². The molecule has 0 aliphatic heterocycles. The van der Waals surface area contributed by atoms with Gasteiger partial charge in [-0.1, -0.05) is 18.8 Å². The molecule has 2 nitrogen and oxygen atoms in total. The van der Waals surface area contributed by atoms with Crippen LogP contribution < -0.4 is 0 Å². The molecule has 0 N–H and O–H groups in total. The van der Waals surface area contributed by atoms with E-state index >= 15 is 0 Å². The third kappa shape index (κ3) is 2.48. The molecule has 0 bridgehead atoms. The van der Waals surface area contributed by atoms with E-state index < -0.39 is 0 Å². The number of hydrogen-bond donors (Lipinski definition) is 0. The molecule has 1 aromatic heterocycles. The van der Waals surface area contributed by atoms with Crippen LogP contribution in [0.15, 0.2) is 12.3 Å². The Hall–Kier alpha value is 0.184. The summed E-state index contributed by atoms with van der Waals surface area (Å²) in [5.74, 6) is 0. The van der Waals surface area contributed by atoms with Gasteiger partial charge in [0.1, 0.15) is 0 Å². The zero-order valence-corrected chi connectivity index (χ0v) is 7.46. The van der Waals surface area contributed by atoms with E-state index in [1.54, 1.807) is 6.20 Å². The number of rotatable bonds is 0. The second-order valence-electron chi connectivity index (χ2n) is 1.30. The zero-order valence-electron chi connectivity index (χ0n) is 4.63. The van der Waals surface area contributed by atoms with Gasteiger partial charge in [0.25, 0.3) is 0 Å². The van der Waals surface area contributed by atoms with Gasteiger partial charge in [-0.15, -0.1) is 6.07 Å². The molecule has 1 heterocycles. The van der Waals surface area contributed by atoms with Gasteiger partial charge in [0.15, 0.2) is 0 Å². The second kappa shape index (κ2) is 4.10. The summed E-state index contributed by atoms with van der Waals surface area (Å²) in [7, 11) is 0. The number of nitrogens with zero attached hydrogens (tertiary/aromatic N) is 2. The summed E-state index contributed by atoms with van der Waals surface area (Å²) in [6, 6.07) is 1.83. The number of hydrogen-bond acceptors (Lipinski definition) is 2. The minimum atomic E-state index is 0. The molecule has 3 heteroatoms. The maximum atomic E-state index is 3.74. The smallest absolute Gasteiger partial charge is 0.374 e. The third-order valence-electron chi connectivity index (χ3n) is 0.674. The van der Waals surface area contributed by atoms with Crippen LogP contribution in [-0.2, 0) is 32.7 Å². The van der Waals surface area contributed by atoms with Crippen molar-refractivity contribution in [3.63, 3.8) is 0 Å². The van der Waals surface area contributed by atoms with Gasteiger partial charge in [-0.3, -0.25) is 0 Å². The minimum absolute atomic E-state index is 0. The Labute approximate surface area is 73.6 Å². The van der Waals surface area contributed by atoms with Crippen LogP contribution in [0.2, 0.25) is 0 Å². The molecule has 1 aromatic rings. The third-order valence-corrected chi connectivity index (χ3v) is 0.674. The summed E-state index contributed by atoms with van der Waals surface area (Å²) in [6.45, 7) is 1.90. The normalized spacial score (nSPS) is 7.62. The summed E-state index contributed by atoms with van der Waals surface area (Å²) < 4.78 is 0. The molecular formula is C5H5N2Y+2. The Morgan fingerprint density at radius 3 is 2.62 bits per heavy atom. The van der Waals surface area contributed by atoms with Gasteiger partial charge in [0.05, 0.1) is 0 Å². The molecule has 0 saturated carbocycles. The minimum Gasteiger partial charge on any atom is -0.374 e. The Bertz CT molecular complexity index is 140. The van der Waals surface area contributed by atoms with Crippen molar-refractivity contribution < 1.29 is 32.7 Å². The summed E-state index contributed by atoms with van der Waals surface area (Å²) in [4.78, 5) is 7.35. The van der Waals surface area contributed by atoms with Crippen molar-refractivity contribution in [2.45, 2.75) is 6.92 Å². The quantitative estimate of drug-likeness (QED) is 0.548. The number of aryl methyl sites for hydroxylation is 1. The van der Waals surface area contributed by atoms with Crippen molar-refractivity contribution in [1.29, 1.82) is 0 Å². The number of aromatic nitrogens is 2. The van der Waals surface area contributed by atoms with E-state index in [1.807, 2.05) is 13.0 Å². The van der Waals surface area contributed by atoms with Crippen LogP contribution in [0.5, 0.6) is 0 Å². The largest absolute Gasteiger partial charge is 3.00 e. The van der Waals surface area contributed by atoms with Crippen molar-refractivity contribution in [1.82, 2.24) is 9.97 Å². The van der Waals surface area contributed by atoms with Crippen LogP contribution in [0.25, 0.3) is 0 Å². The van der Waals surface area contributed by atoms with Crippen molar-refractivity contribution in [3.05, 3.63) is 24.3 Å². The van der Waals surface area contributed by atoms with Crippen molar-refractivity contribution >= 4 is 0 Å². The Morgan fingerprint density at radius 1 is 1.62 bits per heavy atom. The Balaban J connectivity index is 0.000000490. The summed E-state index contributed by atoms with van der Waals surface area (Å²) >= 11 is 0. The maximum absolute atomic E-state index is 3.74. The van der Waals surface area contributed by atoms with E-state index in [2.05, 4.69) is 16.3 Å². The molecule has 0 atom stereocenters. The molecule has 0 fully saturated rings. The monoisotopic (exact) mass is 182 g/mol. The first kappa shape index (κ1) is 8.18. The van der Waals surface area contributed by atoms with Crippen LogP contribution in [0, 0.1) is 13.3 Å². The van der Waals surface area contributed by atoms with E-state index in [0.29, 0.717) is 0 Å². The van der Waals surface area contributed by atoms with E-state index in [-0.39, 0.29) is 32.7 Å². The molecule has 36 valence electrons. The molecule has 8 heavy (non-hydrogen) atoms. The molecule has 0 saturated heterocycles. The molecular weight excluding hydrogens is 177 g/mol.